The van der Waals surface area contributed by atoms with E-state index >= 15 is 0 Å². The molecule has 3 heterocycles. The first-order valence-corrected chi connectivity index (χ1v) is 11.0. The number of aromatic nitrogens is 4. The van der Waals surface area contributed by atoms with Gasteiger partial charge in [-0.3, -0.25) is 4.21 Å². The van der Waals surface area contributed by atoms with Crippen molar-refractivity contribution in [3.05, 3.63) is 6.33 Å². The molecule has 0 amide bonds. The lowest BCUT2D eigenvalue weighted by atomic mass is 10.2. The summed E-state index contributed by atoms with van der Waals surface area (Å²) in [6.45, 7) is 2.52. The molecule has 11 heteroatoms. The SMILES string of the molecule is O=S1CCN(c2nc(NCCO)nc3c(NCCCCCO)ncnc23)CC1. The number of hydrogen-bond acceptors (Lipinski definition) is 10. The van der Waals surface area contributed by atoms with Crippen LogP contribution in [0.25, 0.3) is 11.0 Å². The molecule has 1 fully saturated rings. The second kappa shape index (κ2) is 10.4. The summed E-state index contributed by atoms with van der Waals surface area (Å²) in [5.41, 5.74) is 1.26. The number of unbranched alkanes of at least 4 members (excludes halogenated alkanes) is 2. The summed E-state index contributed by atoms with van der Waals surface area (Å²) >= 11 is 0. The molecule has 1 aliphatic rings. The van der Waals surface area contributed by atoms with Gasteiger partial charge in [-0.2, -0.15) is 4.98 Å². The Bertz CT molecular complexity index is 798. The normalized spacial score (nSPS) is 15.1. The Labute approximate surface area is 166 Å². The third kappa shape index (κ3) is 5.24. The van der Waals surface area contributed by atoms with E-state index in [2.05, 4.69) is 35.5 Å². The van der Waals surface area contributed by atoms with Gasteiger partial charge in [0.2, 0.25) is 5.95 Å². The molecule has 0 spiro atoms. The average Bonchev–Trinajstić information content (AvgIpc) is 2.72. The molecule has 0 bridgehead atoms. The Kier molecular flexibility index (Phi) is 7.69. The van der Waals surface area contributed by atoms with Crippen molar-refractivity contribution in [1.29, 1.82) is 0 Å². The van der Waals surface area contributed by atoms with Crippen LogP contribution in [-0.2, 0) is 10.8 Å². The van der Waals surface area contributed by atoms with Gasteiger partial charge >= 0.3 is 0 Å². The van der Waals surface area contributed by atoms with Crippen LogP contribution >= 0.6 is 0 Å². The van der Waals surface area contributed by atoms with E-state index in [1.54, 1.807) is 0 Å². The lowest BCUT2D eigenvalue weighted by Gasteiger charge is -2.28. The van der Waals surface area contributed by atoms with E-state index in [-0.39, 0.29) is 13.2 Å². The van der Waals surface area contributed by atoms with E-state index < -0.39 is 10.8 Å². The van der Waals surface area contributed by atoms with Crippen LogP contribution < -0.4 is 15.5 Å². The molecule has 28 heavy (non-hydrogen) atoms. The van der Waals surface area contributed by atoms with Gasteiger partial charge in [0.05, 0.1) is 6.61 Å². The van der Waals surface area contributed by atoms with Gasteiger partial charge in [0.15, 0.2) is 11.6 Å². The third-order valence-corrected chi connectivity index (χ3v) is 5.74. The topological polar surface area (TPSA) is 136 Å². The number of rotatable bonds is 10. The molecule has 0 saturated carbocycles. The maximum Gasteiger partial charge on any atom is 0.225 e. The van der Waals surface area contributed by atoms with Gasteiger partial charge in [-0.1, -0.05) is 0 Å². The van der Waals surface area contributed by atoms with Gasteiger partial charge in [0.1, 0.15) is 17.4 Å². The van der Waals surface area contributed by atoms with Gasteiger partial charge in [-0.05, 0) is 19.3 Å². The number of nitrogens with one attached hydrogen (secondary N) is 2. The minimum Gasteiger partial charge on any atom is -0.396 e. The number of aliphatic hydroxyl groups excluding tert-OH is 2. The Morgan fingerprint density at radius 3 is 2.54 bits per heavy atom. The van der Waals surface area contributed by atoms with Crippen LogP contribution in [0.2, 0.25) is 0 Å². The van der Waals surface area contributed by atoms with Crippen molar-refractivity contribution in [2.45, 2.75) is 19.3 Å². The molecule has 2 aromatic rings. The summed E-state index contributed by atoms with van der Waals surface area (Å²) in [7, 11) is -0.787. The van der Waals surface area contributed by atoms with Gasteiger partial charge in [0, 0.05) is 55.1 Å². The highest BCUT2D eigenvalue weighted by Gasteiger charge is 2.22. The van der Waals surface area contributed by atoms with Crippen LogP contribution in [-0.4, -0.2) is 85.3 Å². The van der Waals surface area contributed by atoms with Crippen LogP contribution in [0.4, 0.5) is 17.6 Å². The van der Waals surface area contributed by atoms with E-state index in [0.29, 0.717) is 66.3 Å². The van der Waals surface area contributed by atoms with Crippen molar-refractivity contribution in [3.63, 3.8) is 0 Å². The predicted octanol–water partition coefficient (Wildman–Crippen LogP) is -0.0328. The molecular weight excluding hydrogens is 382 g/mol. The molecule has 4 N–H and O–H groups in total. The molecule has 0 aromatic carbocycles. The fourth-order valence-electron chi connectivity index (χ4n) is 3.00. The molecule has 0 atom stereocenters. The van der Waals surface area contributed by atoms with Gasteiger partial charge in [-0.25, -0.2) is 15.0 Å². The molecule has 0 unspecified atom stereocenters. The molecule has 1 aliphatic heterocycles. The van der Waals surface area contributed by atoms with Crippen molar-refractivity contribution >= 4 is 39.4 Å². The fraction of sp³-hybridized carbons (Fsp3) is 0.647. The maximum atomic E-state index is 11.7. The largest absolute Gasteiger partial charge is 0.396 e. The van der Waals surface area contributed by atoms with E-state index in [1.807, 2.05) is 0 Å². The zero-order valence-electron chi connectivity index (χ0n) is 15.8. The van der Waals surface area contributed by atoms with E-state index in [0.717, 1.165) is 19.3 Å². The van der Waals surface area contributed by atoms with Crippen molar-refractivity contribution in [2.75, 3.05) is 66.4 Å². The van der Waals surface area contributed by atoms with E-state index in [4.69, 9.17) is 10.2 Å². The number of aliphatic hydroxyl groups is 2. The monoisotopic (exact) mass is 409 g/mol. The minimum absolute atomic E-state index is 0.0271. The summed E-state index contributed by atoms with van der Waals surface area (Å²) < 4.78 is 11.7. The highest BCUT2D eigenvalue weighted by Crippen LogP contribution is 2.28. The van der Waals surface area contributed by atoms with Crippen molar-refractivity contribution in [3.8, 4) is 0 Å². The van der Waals surface area contributed by atoms with Gasteiger partial charge in [-0.15, -0.1) is 0 Å². The van der Waals surface area contributed by atoms with Crippen LogP contribution in [0.3, 0.4) is 0 Å². The minimum atomic E-state index is -0.787. The standard InChI is InChI=1S/C17H27N7O3S/c25-8-3-1-2-4-18-15-13-14(20-12-21-15)16(23-17(22-13)19-5-9-26)24-6-10-28(27)11-7-24/h12,25-26H,1-11H2,(H,18,20,21)(H,19,22,23). The van der Waals surface area contributed by atoms with E-state index in [1.165, 1.54) is 6.33 Å². The summed E-state index contributed by atoms with van der Waals surface area (Å²) in [5, 5.41) is 24.3. The number of nitrogens with zero attached hydrogens (tertiary/aromatic N) is 5. The second-order valence-corrected chi connectivity index (χ2v) is 8.18. The lowest BCUT2D eigenvalue weighted by Crippen LogP contribution is -2.38. The Hall–Kier alpha value is -2.11. The quantitative estimate of drug-likeness (QED) is 0.396. The molecule has 2 aromatic heterocycles. The smallest absolute Gasteiger partial charge is 0.225 e. The Balaban J connectivity index is 1.89. The van der Waals surface area contributed by atoms with Crippen molar-refractivity contribution in [1.82, 2.24) is 19.9 Å². The molecule has 3 rings (SSSR count). The zero-order valence-corrected chi connectivity index (χ0v) is 16.6. The lowest BCUT2D eigenvalue weighted by molar-refractivity contribution is 0.283. The first-order chi connectivity index (χ1) is 13.7. The molecule has 1 saturated heterocycles. The number of anilines is 3. The van der Waals surface area contributed by atoms with Crippen LogP contribution in [0.15, 0.2) is 6.33 Å². The zero-order chi connectivity index (χ0) is 19.8. The second-order valence-electron chi connectivity index (χ2n) is 6.49. The molecule has 10 nitrogen and oxygen atoms in total. The Morgan fingerprint density at radius 1 is 0.964 bits per heavy atom. The molecular formula is C17H27N7O3S. The average molecular weight is 410 g/mol. The first-order valence-electron chi connectivity index (χ1n) is 9.55. The molecule has 154 valence electrons. The fourth-order valence-corrected chi connectivity index (χ4v) is 4.05. The highest BCUT2D eigenvalue weighted by molar-refractivity contribution is 7.85. The number of fused-ring (bicyclic) bond motifs is 1. The number of hydrogen-bond donors (Lipinski definition) is 4. The Morgan fingerprint density at radius 2 is 1.79 bits per heavy atom. The van der Waals surface area contributed by atoms with Crippen molar-refractivity contribution in [2.24, 2.45) is 0 Å². The van der Waals surface area contributed by atoms with Gasteiger partial charge < -0.3 is 25.7 Å². The maximum absolute atomic E-state index is 11.7. The summed E-state index contributed by atoms with van der Waals surface area (Å²) in [6, 6.07) is 0. The summed E-state index contributed by atoms with van der Waals surface area (Å²) in [4.78, 5) is 20.0. The van der Waals surface area contributed by atoms with Crippen molar-refractivity contribution < 1.29 is 14.4 Å². The summed E-state index contributed by atoms with van der Waals surface area (Å²) in [5.74, 6) is 2.93. The van der Waals surface area contributed by atoms with Crippen LogP contribution in [0.1, 0.15) is 19.3 Å². The van der Waals surface area contributed by atoms with E-state index in [9.17, 15) is 4.21 Å². The van der Waals surface area contributed by atoms with Crippen LogP contribution in [0, 0.1) is 0 Å². The third-order valence-electron chi connectivity index (χ3n) is 4.46. The summed E-state index contributed by atoms with van der Waals surface area (Å²) in [6.07, 6.45) is 4.12. The predicted molar refractivity (Wildman–Crippen MR) is 110 cm³/mol. The van der Waals surface area contributed by atoms with Crippen LogP contribution in [0.5, 0.6) is 0 Å². The molecule has 0 aliphatic carbocycles. The molecule has 0 radical (unpaired) electrons. The first kappa shape index (κ1) is 20.6. The van der Waals surface area contributed by atoms with Gasteiger partial charge in [0.25, 0.3) is 0 Å². The highest BCUT2D eigenvalue weighted by atomic mass is 32.2.